The molecule has 4 nitrogen and oxygen atoms in total. The molecule has 4 heteroatoms. The number of hydrogen-bond acceptors (Lipinski definition) is 2. The van der Waals surface area contributed by atoms with Gasteiger partial charge in [0.1, 0.15) is 0 Å². The summed E-state index contributed by atoms with van der Waals surface area (Å²) >= 11 is 0. The van der Waals surface area contributed by atoms with Gasteiger partial charge >= 0.3 is 0 Å². The molecule has 0 aliphatic carbocycles. The summed E-state index contributed by atoms with van der Waals surface area (Å²) in [7, 11) is 4.05. The number of guanidine groups is 1. The zero-order valence-corrected chi connectivity index (χ0v) is 12.5. The monoisotopic (exact) mass is 254 g/mol. The largest absolute Gasteiger partial charge is 0.356 e. The van der Waals surface area contributed by atoms with Gasteiger partial charge in [-0.15, -0.1) is 0 Å². The first-order chi connectivity index (χ1) is 8.61. The number of nitrogens with one attached hydrogen (secondary N) is 2. The van der Waals surface area contributed by atoms with Gasteiger partial charge in [-0.1, -0.05) is 13.8 Å². The molecule has 1 saturated heterocycles. The second kappa shape index (κ2) is 8.35. The van der Waals surface area contributed by atoms with Crippen LogP contribution in [0, 0.1) is 11.8 Å². The first-order valence-electron chi connectivity index (χ1n) is 7.25. The Morgan fingerprint density at radius 1 is 1.28 bits per heavy atom. The Labute approximate surface area is 112 Å². The highest BCUT2D eigenvalue weighted by atomic mass is 15.2. The molecule has 0 saturated carbocycles. The number of likely N-dealkylation sites (tertiary alicyclic amines) is 1. The molecule has 0 unspecified atom stereocenters. The average molecular weight is 254 g/mol. The second-order valence-corrected chi connectivity index (χ2v) is 5.81. The van der Waals surface area contributed by atoms with Crippen molar-refractivity contribution in [3.05, 3.63) is 0 Å². The molecule has 0 aromatic carbocycles. The van der Waals surface area contributed by atoms with Gasteiger partial charge in [-0.05, 0) is 51.2 Å². The van der Waals surface area contributed by atoms with Crippen LogP contribution < -0.4 is 10.6 Å². The van der Waals surface area contributed by atoms with E-state index in [0.29, 0.717) is 5.92 Å². The van der Waals surface area contributed by atoms with Crippen LogP contribution in [0.2, 0.25) is 0 Å². The number of nitrogens with zero attached hydrogens (tertiary/aromatic N) is 2. The molecule has 0 amide bonds. The first kappa shape index (κ1) is 15.3. The minimum atomic E-state index is 0.650. The van der Waals surface area contributed by atoms with E-state index >= 15 is 0 Å². The maximum atomic E-state index is 4.24. The Hall–Kier alpha value is -0.770. The summed E-state index contributed by atoms with van der Waals surface area (Å²) in [5.74, 6) is 2.48. The van der Waals surface area contributed by atoms with Crippen molar-refractivity contribution in [3.8, 4) is 0 Å². The third-order valence-corrected chi connectivity index (χ3v) is 3.58. The zero-order valence-electron chi connectivity index (χ0n) is 12.5. The van der Waals surface area contributed by atoms with Gasteiger partial charge in [0.05, 0.1) is 0 Å². The van der Waals surface area contributed by atoms with E-state index in [2.05, 4.69) is 41.4 Å². The van der Waals surface area contributed by atoms with Gasteiger partial charge in [-0.25, -0.2) is 0 Å². The normalized spacial score (nSPS) is 19.3. The maximum absolute atomic E-state index is 4.24. The second-order valence-electron chi connectivity index (χ2n) is 5.81. The SMILES string of the molecule is CN=C(NCCC1CCN(C)CC1)NCC(C)C. The summed E-state index contributed by atoms with van der Waals surface area (Å²) < 4.78 is 0. The van der Waals surface area contributed by atoms with Crippen molar-refractivity contribution in [1.82, 2.24) is 15.5 Å². The summed E-state index contributed by atoms with van der Waals surface area (Å²) in [4.78, 5) is 6.66. The topological polar surface area (TPSA) is 39.7 Å². The van der Waals surface area contributed by atoms with E-state index < -0.39 is 0 Å². The highest BCUT2D eigenvalue weighted by Gasteiger charge is 2.16. The van der Waals surface area contributed by atoms with Crippen molar-refractivity contribution in [3.63, 3.8) is 0 Å². The molecule has 0 radical (unpaired) electrons. The molecule has 1 aliphatic heterocycles. The minimum Gasteiger partial charge on any atom is -0.356 e. The number of rotatable bonds is 5. The third-order valence-electron chi connectivity index (χ3n) is 3.58. The van der Waals surface area contributed by atoms with Crippen LogP contribution in [0.15, 0.2) is 4.99 Å². The first-order valence-corrected chi connectivity index (χ1v) is 7.25. The summed E-state index contributed by atoms with van der Waals surface area (Å²) in [5, 5.41) is 6.75. The van der Waals surface area contributed by atoms with Crippen molar-refractivity contribution in [2.24, 2.45) is 16.8 Å². The summed E-state index contributed by atoms with van der Waals surface area (Å²) in [6.07, 6.45) is 3.95. The predicted octanol–water partition coefficient (Wildman–Crippen LogP) is 1.54. The molecule has 18 heavy (non-hydrogen) atoms. The summed E-state index contributed by atoms with van der Waals surface area (Å²) in [6, 6.07) is 0. The van der Waals surface area contributed by atoms with Gasteiger partial charge in [0.25, 0.3) is 0 Å². The third kappa shape index (κ3) is 6.24. The molecule has 0 atom stereocenters. The molecule has 0 spiro atoms. The van der Waals surface area contributed by atoms with Crippen molar-refractivity contribution in [2.75, 3.05) is 40.3 Å². The van der Waals surface area contributed by atoms with Crippen molar-refractivity contribution in [1.29, 1.82) is 0 Å². The van der Waals surface area contributed by atoms with Crippen LogP contribution in [0.5, 0.6) is 0 Å². The Balaban J connectivity index is 2.12. The number of piperidine rings is 1. The van der Waals surface area contributed by atoms with Gasteiger partial charge in [-0.2, -0.15) is 0 Å². The van der Waals surface area contributed by atoms with Gasteiger partial charge in [0.2, 0.25) is 0 Å². The van der Waals surface area contributed by atoms with E-state index in [1.165, 1.54) is 32.4 Å². The van der Waals surface area contributed by atoms with Crippen LogP contribution in [-0.4, -0.2) is 51.1 Å². The molecule has 2 N–H and O–H groups in total. The molecule has 1 heterocycles. The standard InChI is InChI=1S/C14H30N4/c1-12(2)11-17-14(15-3)16-8-5-13-6-9-18(4)10-7-13/h12-13H,5-11H2,1-4H3,(H2,15,16,17). The molecule has 1 rings (SSSR count). The van der Waals surface area contributed by atoms with Gasteiger partial charge < -0.3 is 15.5 Å². The molecule has 0 aromatic rings. The fraction of sp³-hybridized carbons (Fsp3) is 0.929. The number of aliphatic imine (C=N–C) groups is 1. The molecule has 106 valence electrons. The number of hydrogen-bond donors (Lipinski definition) is 2. The summed E-state index contributed by atoms with van der Waals surface area (Å²) in [5.41, 5.74) is 0. The molecular formula is C14H30N4. The van der Waals surface area contributed by atoms with Crippen LogP contribution in [-0.2, 0) is 0 Å². The highest BCUT2D eigenvalue weighted by Crippen LogP contribution is 2.18. The fourth-order valence-electron chi connectivity index (χ4n) is 2.27. The lowest BCUT2D eigenvalue weighted by atomic mass is 9.94. The van der Waals surface area contributed by atoms with Crippen LogP contribution in [0.4, 0.5) is 0 Å². The molecule has 1 aliphatic rings. The molecule has 0 bridgehead atoms. The van der Waals surface area contributed by atoms with Crippen LogP contribution in [0.25, 0.3) is 0 Å². The highest BCUT2D eigenvalue weighted by molar-refractivity contribution is 5.79. The lowest BCUT2D eigenvalue weighted by Gasteiger charge is -2.29. The Morgan fingerprint density at radius 2 is 1.94 bits per heavy atom. The van der Waals surface area contributed by atoms with E-state index in [1.807, 2.05) is 7.05 Å². The average Bonchev–Trinajstić information content (AvgIpc) is 2.35. The maximum Gasteiger partial charge on any atom is 0.190 e. The smallest absolute Gasteiger partial charge is 0.190 e. The zero-order chi connectivity index (χ0) is 13.4. The molecule has 1 fully saturated rings. The Kier molecular flexibility index (Phi) is 7.09. The van der Waals surface area contributed by atoms with Gasteiger partial charge in [0, 0.05) is 20.1 Å². The Morgan fingerprint density at radius 3 is 2.50 bits per heavy atom. The fourth-order valence-corrected chi connectivity index (χ4v) is 2.27. The van der Waals surface area contributed by atoms with Gasteiger partial charge in [-0.3, -0.25) is 4.99 Å². The van der Waals surface area contributed by atoms with E-state index in [4.69, 9.17) is 0 Å². The van der Waals surface area contributed by atoms with Crippen LogP contribution in [0.1, 0.15) is 33.1 Å². The molecular weight excluding hydrogens is 224 g/mol. The molecule has 0 aromatic heterocycles. The lowest BCUT2D eigenvalue weighted by molar-refractivity contribution is 0.213. The van der Waals surface area contributed by atoms with Crippen molar-refractivity contribution < 1.29 is 0 Å². The Bertz CT molecular complexity index is 242. The van der Waals surface area contributed by atoms with Crippen molar-refractivity contribution >= 4 is 5.96 Å². The van der Waals surface area contributed by atoms with Gasteiger partial charge in [0.15, 0.2) is 5.96 Å². The van der Waals surface area contributed by atoms with Crippen LogP contribution >= 0.6 is 0 Å². The van der Waals surface area contributed by atoms with E-state index in [1.54, 1.807) is 0 Å². The van der Waals surface area contributed by atoms with E-state index in [-0.39, 0.29) is 0 Å². The van der Waals surface area contributed by atoms with Crippen molar-refractivity contribution in [2.45, 2.75) is 33.1 Å². The van der Waals surface area contributed by atoms with E-state index in [9.17, 15) is 0 Å². The van der Waals surface area contributed by atoms with Crippen LogP contribution in [0.3, 0.4) is 0 Å². The minimum absolute atomic E-state index is 0.650. The van der Waals surface area contributed by atoms with E-state index in [0.717, 1.165) is 25.0 Å². The summed E-state index contributed by atoms with van der Waals surface area (Å²) in [6.45, 7) is 8.94. The quantitative estimate of drug-likeness (QED) is 0.577. The lowest BCUT2D eigenvalue weighted by Crippen LogP contribution is -2.40. The predicted molar refractivity (Wildman–Crippen MR) is 79.0 cm³/mol.